The second-order valence-corrected chi connectivity index (χ2v) is 5.24. The molecule has 2 amide bonds. The van der Waals surface area contributed by atoms with E-state index < -0.39 is 35.0 Å². The third-order valence-corrected chi connectivity index (χ3v) is 3.40. The molecule has 1 unspecified atom stereocenters. The molecule has 1 saturated heterocycles. The van der Waals surface area contributed by atoms with E-state index in [0.29, 0.717) is 12.6 Å². The molecule has 0 aliphatic carbocycles. The van der Waals surface area contributed by atoms with Crippen LogP contribution in [0, 0.1) is 17.5 Å². The lowest BCUT2D eigenvalue weighted by molar-refractivity contribution is -0.129. The van der Waals surface area contributed by atoms with E-state index in [-0.39, 0.29) is 18.4 Å². The number of amides is 2. The summed E-state index contributed by atoms with van der Waals surface area (Å²) in [7, 11) is 0. The van der Waals surface area contributed by atoms with E-state index >= 15 is 0 Å². The summed E-state index contributed by atoms with van der Waals surface area (Å²) in [5.41, 5.74) is -0.579. The first kappa shape index (κ1) is 15.3. The Kier molecular flexibility index (Phi) is 4.20. The topological polar surface area (TPSA) is 49.4 Å². The van der Waals surface area contributed by atoms with Crippen LogP contribution in [0.25, 0.3) is 0 Å². The van der Waals surface area contributed by atoms with Crippen LogP contribution in [0.2, 0.25) is 0 Å². The lowest BCUT2D eigenvalue weighted by Gasteiger charge is -2.21. The summed E-state index contributed by atoms with van der Waals surface area (Å²) in [6, 6.07) is 1.09. The summed E-state index contributed by atoms with van der Waals surface area (Å²) in [5, 5.41) is 2.47. The Morgan fingerprint density at radius 2 is 1.95 bits per heavy atom. The number of hydrogen-bond acceptors (Lipinski definition) is 2. The molecule has 1 fully saturated rings. The molecular formula is C14H15F3N2O2. The molecule has 114 valence electrons. The fourth-order valence-electron chi connectivity index (χ4n) is 2.29. The molecule has 1 heterocycles. The molecule has 0 radical (unpaired) electrons. The smallest absolute Gasteiger partial charge is 0.254 e. The zero-order valence-corrected chi connectivity index (χ0v) is 11.6. The van der Waals surface area contributed by atoms with Gasteiger partial charge in [0.25, 0.3) is 5.91 Å². The number of likely N-dealkylation sites (tertiary alicyclic amines) is 1. The molecule has 0 saturated carbocycles. The highest BCUT2D eigenvalue weighted by atomic mass is 19.2. The lowest BCUT2D eigenvalue weighted by atomic mass is 10.1. The summed E-state index contributed by atoms with van der Waals surface area (Å²) in [4.78, 5) is 25.2. The van der Waals surface area contributed by atoms with Crippen LogP contribution in [-0.2, 0) is 4.79 Å². The Morgan fingerprint density at radius 1 is 1.29 bits per heavy atom. The van der Waals surface area contributed by atoms with Gasteiger partial charge >= 0.3 is 0 Å². The SMILES string of the molecule is CC(C)N1CC(NC(=O)c2ccc(F)c(F)c2F)CC1=O. The summed E-state index contributed by atoms with van der Waals surface area (Å²) in [6.07, 6.45) is 0.106. The molecule has 7 heteroatoms. The van der Waals surface area contributed by atoms with Gasteiger partial charge in [-0.1, -0.05) is 0 Å². The number of hydrogen-bond donors (Lipinski definition) is 1. The van der Waals surface area contributed by atoms with E-state index in [1.165, 1.54) is 0 Å². The van der Waals surface area contributed by atoms with Gasteiger partial charge in [0.05, 0.1) is 11.6 Å². The predicted molar refractivity (Wildman–Crippen MR) is 69.0 cm³/mol. The van der Waals surface area contributed by atoms with Crippen LogP contribution in [0.5, 0.6) is 0 Å². The van der Waals surface area contributed by atoms with Crippen molar-refractivity contribution >= 4 is 11.8 Å². The summed E-state index contributed by atoms with van der Waals surface area (Å²) >= 11 is 0. The Labute approximate surface area is 119 Å². The largest absolute Gasteiger partial charge is 0.347 e. The maximum Gasteiger partial charge on any atom is 0.254 e. The molecule has 0 aromatic heterocycles. The first-order chi connectivity index (χ1) is 9.81. The van der Waals surface area contributed by atoms with Crippen molar-refractivity contribution in [3.63, 3.8) is 0 Å². The number of nitrogens with one attached hydrogen (secondary N) is 1. The number of carbonyl (C=O) groups is 2. The van der Waals surface area contributed by atoms with Crippen LogP contribution in [0.4, 0.5) is 13.2 Å². The molecule has 4 nitrogen and oxygen atoms in total. The van der Waals surface area contributed by atoms with Crippen LogP contribution in [0.1, 0.15) is 30.6 Å². The number of nitrogens with zero attached hydrogens (tertiary/aromatic N) is 1. The van der Waals surface area contributed by atoms with Crippen LogP contribution in [-0.4, -0.2) is 35.3 Å². The molecular weight excluding hydrogens is 285 g/mol. The maximum atomic E-state index is 13.5. The van der Waals surface area contributed by atoms with Crippen LogP contribution < -0.4 is 5.32 Å². The highest BCUT2D eigenvalue weighted by Crippen LogP contribution is 2.18. The van der Waals surface area contributed by atoms with Gasteiger partial charge in [-0.3, -0.25) is 9.59 Å². The summed E-state index contributed by atoms with van der Waals surface area (Å²) in [6.45, 7) is 4.00. The number of halogens is 3. The van der Waals surface area contributed by atoms with Crippen molar-refractivity contribution in [3.8, 4) is 0 Å². The van der Waals surface area contributed by atoms with Crippen molar-refractivity contribution in [2.45, 2.75) is 32.4 Å². The minimum Gasteiger partial charge on any atom is -0.347 e. The second kappa shape index (κ2) is 5.75. The van der Waals surface area contributed by atoms with Gasteiger partial charge in [-0.05, 0) is 26.0 Å². The quantitative estimate of drug-likeness (QED) is 0.866. The van der Waals surface area contributed by atoms with E-state index in [1.807, 2.05) is 13.8 Å². The predicted octanol–water partition coefficient (Wildman–Crippen LogP) is 1.84. The highest BCUT2D eigenvalue weighted by Gasteiger charge is 2.32. The van der Waals surface area contributed by atoms with E-state index in [9.17, 15) is 22.8 Å². The monoisotopic (exact) mass is 300 g/mol. The fourth-order valence-corrected chi connectivity index (χ4v) is 2.29. The Bertz CT molecular complexity index is 590. The molecule has 1 atom stereocenters. The first-order valence-electron chi connectivity index (χ1n) is 6.55. The average molecular weight is 300 g/mol. The Balaban J connectivity index is 2.10. The van der Waals surface area contributed by atoms with Gasteiger partial charge in [0.1, 0.15) is 0 Å². The third kappa shape index (κ3) is 3.01. The molecule has 1 N–H and O–H groups in total. The zero-order chi connectivity index (χ0) is 15.7. The van der Waals surface area contributed by atoms with Gasteiger partial charge in [-0.2, -0.15) is 0 Å². The number of benzene rings is 1. The normalized spacial score (nSPS) is 18.5. The molecule has 2 rings (SSSR count). The zero-order valence-electron chi connectivity index (χ0n) is 11.6. The van der Waals surface area contributed by atoms with Crippen molar-refractivity contribution in [2.24, 2.45) is 0 Å². The van der Waals surface area contributed by atoms with Gasteiger partial charge < -0.3 is 10.2 Å². The minimum absolute atomic E-state index is 0.000552. The summed E-state index contributed by atoms with van der Waals surface area (Å²) in [5.74, 6) is -5.55. The average Bonchev–Trinajstić information content (AvgIpc) is 2.77. The number of rotatable bonds is 3. The molecule has 21 heavy (non-hydrogen) atoms. The maximum absolute atomic E-state index is 13.5. The van der Waals surface area contributed by atoms with E-state index in [1.54, 1.807) is 4.90 Å². The molecule has 1 aromatic carbocycles. The third-order valence-electron chi connectivity index (χ3n) is 3.40. The summed E-state index contributed by atoms with van der Waals surface area (Å²) < 4.78 is 39.4. The van der Waals surface area contributed by atoms with Gasteiger partial charge in [-0.15, -0.1) is 0 Å². The highest BCUT2D eigenvalue weighted by molar-refractivity contribution is 5.95. The molecule has 1 aliphatic rings. The van der Waals surface area contributed by atoms with E-state index in [2.05, 4.69) is 5.32 Å². The Morgan fingerprint density at radius 3 is 2.52 bits per heavy atom. The second-order valence-electron chi connectivity index (χ2n) is 5.24. The van der Waals surface area contributed by atoms with Crippen molar-refractivity contribution in [3.05, 3.63) is 35.1 Å². The van der Waals surface area contributed by atoms with Gasteiger partial charge in [-0.25, -0.2) is 13.2 Å². The first-order valence-corrected chi connectivity index (χ1v) is 6.55. The Hall–Kier alpha value is -2.05. The lowest BCUT2D eigenvalue weighted by Crippen LogP contribution is -2.39. The molecule has 0 spiro atoms. The van der Waals surface area contributed by atoms with Crippen LogP contribution >= 0.6 is 0 Å². The van der Waals surface area contributed by atoms with Gasteiger partial charge in [0.15, 0.2) is 17.5 Å². The fraction of sp³-hybridized carbons (Fsp3) is 0.429. The molecule has 1 aromatic rings. The van der Waals surface area contributed by atoms with E-state index in [4.69, 9.17) is 0 Å². The van der Waals surface area contributed by atoms with Crippen molar-refractivity contribution < 1.29 is 22.8 Å². The standard InChI is InChI=1S/C14H15F3N2O2/c1-7(2)19-6-8(5-11(19)20)18-14(21)9-3-4-10(15)13(17)12(9)16/h3-4,7-8H,5-6H2,1-2H3,(H,18,21). The molecule has 0 bridgehead atoms. The van der Waals surface area contributed by atoms with Crippen molar-refractivity contribution in [1.29, 1.82) is 0 Å². The minimum atomic E-state index is -1.69. The van der Waals surface area contributed by atoms with Crippen LogP contribution in [0.3, 0.4) is 0 Å². The van der Waals surface area contributed by atoms with Gasteiger partial charge in [0, 0.05) is 19.0 Å². The van der Waals surface area contributed by atoms with Crippen LogP contribution in [0.15, 0.2) is 12.1 Å². The van der Waals surface area contributed by atoms with Crippen molar-refractivity contribution in [2.75, 3.05) is 6.54 Å². The van der Waals surface area contributed by atoms with Crippen molar-refractivity contribution in [1.82, 2.24) is 10.2 Å². The number of carbonyl (C=O) groups excluding carboxylic acids is 2. The van der Waals surface area contributed by atoms with Gasteiger partial charge in [0.2, 0.25) is 5.91 Å². The molecule has 1 aliphatic heterocycles. The van der Waals surface area contributed by atoms with E-state index in [0.717, 1.165) is 6.07 Å².